The lowest BCUT2D eigenvalue weighted by Crippen LogP contribution is -2.63. The largest absolute Gasteiger partial charge is 0.389 e. The SMILES string of the molecule is O=C(C[C@]1(c2ccc(F)cc2)C2CC3CC1C[C@](F)(C3)C2)N1CC(O)C1. The zero-order valence-corrected chi connectivity index (χ0v) is 14.8. The van der Waals surface area contributed by atoms with Crippen LogP contribution in [0.1, 0.15) is 44.1 Å². The van der Waals surface area contributed by atoms with Gasteiger partial charge in [-0.1, -0.05) is 12.1 Å². The normalized spacial score (nSPS) is 41.3. The van der Waals surface area contributed by atoms with Crippen molar-refractivity contribution in [1.82, 2.24) is 4.90 Å². The Kier molecular flexibility index (Phi) is 3.53. The molecule has 5 aliphatic rings. The minimum Gasteiger partial charge on any atom is -0.389 e. The van der Waals surface area contributed by atoms with Gasteiger partial charge in [0.25, 0.3) is 0 Å². The van der Waals surface area contributed by atoms with E-state index < -0.39 is 17.2 Å². The predicted octanol–water partition coefficient (Wildman–Crippen LogP) is 3.20. The Morgan fingerprint density at radius 1 is 1.12 bits per heavy atom. The van der Waals surface area contributed by atoms with Gasteiger partial charge in [0.2, 0.25) is 5.91 Å². The van der Waals surface area contributed by atoms with Gasteiger partial charge in [0, 0.05) is 24.9 Å². The summed E-state index contributed by atoms with van der Waals surface area (Å²) in [5, 5.41) is 9.54. The van der Waals surface area contributed by atoms with E-state index in [0.717, 1.165) is 18.4 Å². The van der Waals surface area contributed by atoms with E-state index in [4.69, 9.17) is 0 Å². The first-order valence-corrected chi connectivity index (χ1v) is 9.79. The summed E-state index contributed by atoms with van der Waals surface area (Å²) in [5.41, 5.74) is -0.473. The quantitative estimate of drug-likeness (QED) is 0.898. The highest BCUT2D eigenvalue weighted by Gasteiger charge is 2.63. The fourth-order valence-electron chi connectivity index (χ4n) is 6.65. The number of alkyl halides is 1. The maximum Gasteiger partial charge on any atom is 0.223 e. The van der Waals surface area contributed by atoms with E-state index in [1.165, 1.54) is 12.1 Å². The van der Waals surface area contributed by atoms with Gasteiger partial charge in [-0.3, -0.25) is 4.79 Å². The van der Waals surface area contributed by atoms with Crippen molar-refractivity contribution in [3.05, 3.63) is 35.6 Å². The van der Waals surface area contributed by atoms with Crippen LogP contribution in [-0.4, -0.2) is 40.8 Å². The van der Waals surface area contributed by atoms with Crippen LogP contribution in [0.2, 0.25) is 0 Å². The molecule has 0 aromatic heterocycles. The van der Waals surface area contributed by atoms with Crippen LogP contribution in [0, 0.1) is 23.6 Å². The fraction of sp³-hybridized carbons (Fsp3) is 0.667. The fourth-order valence-corrected chi connectivity index (χ4v) is 6.65. The second-order valence-electron chi connectivity index (χ2n) is 9.17. The molecule has 1 N–H and O–H groups in total. The lowest BCUT2D eigenvalue weighted by atomic mass is 9.42. The molecule has 1 aromatic rings. The highest BCUT2D eigenvalue weighted by atomic mass is 19.1. The van der Waals surface area contributed by atoms with Crippen LogP contribution in [0.3, 0.4) is 0 Å². The summed E-state index contributed by atoms with van der Waals surface area (Å²) in [6.45, 7) is 0.784. The Balaban J connectivity index is 1.53. The van der Waals surface area contributed by atoms with Crippen molar-refractivity contribution in [3.8, 4) is 0 Å². The van der Waals surface area contributed by atoms with Crippen LogP contribution in [0.25, 0.3) is 0 Å². The maximum atomic E-state index is 15.2. The number of hydrogen-bond acceptors (Lipinski definition) is 2. The number of rotatable bonds is 3. The molecule has 2 atom stereocenters. The molecule has 0 spiro atoms. The summed E-state index contributed by atoms with van der Waals surface area (Å²) >= 11 is 0. The second-order valence-corrected chi connectivity index (χ2v) is 9.17. The van der Waals surface area contributed by atoms with Crippen molar-refractivity contribution in [2.45, 2.75) is 55.7 Å². The minimum absolute atomic E-state index is 0.0417. The molecule has 5 heteroatoms. The van der Waals surface area contributed by atoms with Gasteiger partial charge in [0.15, 0.2) is 0 Å². The number of aliphatic hydroxyl groups is 1. The predicted molar refractivity (Wildman–Crippen MR) is 92.7 cm³/mol. The van der Waals surface area contributed by atoms with Gasteiger partial charge in [-0.15, -0.1) is 0 Å². The zero-order valence-electron chi connectivity index (χ0n) is 14.8. The number of halogens is 2. The van der Waals surface area contributed by atoms with Crippen molar-refractivity contribution in [3.63, 3.8) is 0 Å². The molecule has 1 saturated heterocycles. The number of likely N-dealkylation sites (tertiary alicyclic amines) is 1. The summed E-state index contributed by atoms with van der Waals surface area (Å²) in [4.78, 5) is 14.6. The van der Waals surface area contributed by atoms with Gasteiger partial charge in [-0.2, -0.15) is 0 Å². The molecule has 6 rings (SSSR count). The molecule has 0 radical (unpaired) electrons. The first-order chi connectivity index (χ1) is 12.4. The Bertz CT molecular complexity index is 712. The van der Waals surface area contributed by atoms with Gasteiger partial charge >= 0.3 is 0 Å². The number of carbonyl (C=O) groups is 1. The summed E-state index contributed by atoms with van der Waals surface area (Å²) in [6, 6.07) is 6.54. The van der Waals surface area contributed by atoms with Crippen LogP contribution >= 0.6 is 0 Å². The summed E-state index contributed by atoms with van der Waals surface area (Å²) in [6.07, 6.45) is 3.58. The topological polar surface area (TPSA) is 40.5 Å². The van der Waals surface area contributed by atoms with Crippen molar-refractivity contribution in [1.29, 1.82) is 0 Å². The number of aliphatic hydroxyl groups excluding tert-OH is 1. The van der Waals surface area contributed by atoms with Gasteiger partial charge < -0.3 is 10.0 Å². The molecule has 5 fully saturated rings. The van der Waals surface area contributed by atoms with Gasteiger partial charge in [-0.05, 0) is 67.6 Å². The van der Waals surface area contributed by atoms with Gasteiger partial charge in [-0.25, -0.2) is 8.78 Å². The first-order valence-electron chi connectivity index (χ1n) is 9.79. The van der Waals surface area contributed by atoms with Crippen molar-refractivity contribution >= 4 is 5.91 Å². The summed E-state index contributed by atoms with van der Waals surface area (Å²) in [7, 11) is 0. The number of amides is 1. The van der Waals surface area contributed by atoms with Crippen molar-refractivity contribution < 1.29 is 18.7 Å². The third-order valence-corrected chi connectivity index (χ3v) is 7.61. The highest BCUT2D eigenvalue weighted by molar-refractivity contribution is 5.79. The Morgan fingerprint density at radius 2 is 1.73 bits per heavy atom. The average molecular weight is 361 g/mol. The van der Waals surface area contributed by atoms with Crippen molar-refractivity contribution in [2.75, 3.05) is 13.1 Å². The Hall–Kier alpha value is -1.49. The lowest BCUT2D eigenvalue weighted by molar-refractivity contribution is -0.156. The molecular weight excluding hydrogens is 336 g/mol. The molecule has 1 aliphatic heterocycles. The minimum atomic E-state index is -1.07. The van der Waals surface area contributed by atoms with Crippen LogP contribution in [0.5, 0.6) is 0 Å². The van der Waals surface area contributed by atoms with E-state index in [9.17, 15) is 14.3 Å². The number of hydrogen-bond donors (Lipinski definition) is 1. The summed E-state index contributed by atoms with van der Waals surface area (Å²) < 4.78 is 28.8. The summed E-state index contributed by atoms with van der Waals surface area (Å²) in [5.74, 6) is 0.456. The van der Waals surface area contributed by atoms with E-state index in [2.05, 4.69) is 0 Å². The number of carbonyl (C=O) groups excluding carboxylic acids is 1. The standard InChI is InChI=1S/C21H25F2NO2/c22-17-3-1-14(2-4-17)21(10-19(26)24-11-18(25)12-24)15-5-13-6-16(21)9-20(23,7-13)8-15/h1-4,13,15-16,18,25H,5-12H2/t13?,15?,16?,20-,21-. The third kappa shape index (κ3) is 2.35. The maximum absolute atomic E-state index is 15.2. The molecular formula is C21H25F2NO2. The number of benzene rings is 1. The number of nitrogens with zero attached hydrogens (tertiary/aromatic N) is 1. The smallest absolute Gasteiger partial charge is 0.223 e. The monoisotopic (exact) mass is 361 g/mol. The first kappa shape index (κ1) is 16.7. The molecule has 3 nitrogen and oxygen atoms in total. The van der Waals surface area contributed by atoms with E-state index in [1.807, 2.05) is 0 Å². The van der Waals surface area contributed by atoms with Crippen LogP contribution in [0.4, 0.5) is 8.78 Å². The van der Waals surface area contributed by atoms with Crippen LogP contribution in [0.15, 0.2) is 24.3 Å². The van der Waals surface area contributed by atoms with E-state index in [0.29, 0.717) is 44.7 Å². The molecule has 4 saturated carbocycles. The second kappa shape index (κ2) is 5.51. The number of β-amino-alcohol motifs (C(OH)–C–C–N with tert-alkyl or cyclic N) is 1. The third-order valence-electron chi connectivity index (χ3n) is 7.61. The van der Waals surface area contributed by atoms with E-state index in [-0.39, 0.29) is 23.6 Å². The molecule has 1 heterocycles. The molecule has 2 unspecified atom stereocenters. The molecule has 4 bridgehead atoms. The average Bonchev–Trinajstić information content (AvgIpc) is 2.54. The van der Waals surface area contributed by atoms with Crippen LogP contribution in [-0.2, 0) is 10.2 Å². The molecule has 4 aliphatic carbocycles. The lowest BCUT2D eigenvalue weighted by Gasteiger charge is -2.63. The van der Waals surface area contributed by atoms with Crippen molar-refractivity contribution in [2.24, 2.45) is 17.8 Å². The molecule has 26 heavy (non-hydrogen) atoms. The molecule has 1 aromatic carbocycles. The molecule has 140 valence electrons. The van der Waals surface area contributed by atoms with E-state index in [1.54, 1.807) is 17.0 Å². The highest BCUT2D eigenvalue weighted by Crippen LogP contribution is 2.66. The van der Waals surface area contributed by atoms with Gasteiger partial charge in [0.05, 0.1) is 6.10 Å². The molecule has 1 amide bonds. The van der Waals surface area contributed by atoms with Gasteiger partial charge in [0.1, 0.15) is 11.5 Å². The van der Waals surface area contributed by atoms with Crippen LogP contribution < -0.4 is 0 Å². The Labute approximate surface area is 152 Å². The van der Waals surface area contributed by atoms with E-state index >= 15 is 4.39 Å². The zero-order chi connectivity index (χ0) is 18.1. The Morgan fingerprint density at radius 3 is 2.27 bits per heavy atom.